The minimum absolute atomic E-state index is 0.131. The summed E-state index contributed by atoms with van der Waals surface area (Å²) in [7, 11) is 0. The molecule has 0 spiro atoms. The van der Waals surface area contributed by atoms with Gasteiger partial charge in [-0.1, -0.05) is 12.1 Å². The van der Waals surface area contributed by atoms with E-state index in [-0.39, 0.29) is 5.56 Å². The zero-order valence-corrected chi connectivity index (χ0v) is 12.7. The summed E-state index contributed by atoms with van der Waals surface area (Å²) in [6.07, 6.45) is 2.71. The van der Waals surface area contributed by atoms with E-state index < -0.39 is 29.1 Å². The molecule has 0 fully saturated rings. The molecular formula is C17H13F2N3O2. The highest BCUT2D eigenvalue weighted by molar-refractivity contribution is 5.94. The largest absolute Gasteiger partial charge is 0.345 e. The number of amides is 1. The van der Waals surface area contributed by atoms with Crippen LogP contribution in [0, 0.1) is 11.6 Å². The number of rotatable bonds is 3. The van der Waals surface area contributed by atoms with Gasteiger partial charge >= 0.3 is 0 Å². The number of carbonyl (C=O) groups excluding carboxylic acids is 1. The van der Waals surface area contributed by atoms with Gasteiger partial charge in [-0.05, 0) is 36.8 Å². The summed E-state index contributed by atoms with van der Waals surface area (Å²) in [4.78, 5) is 28.7. The fourth-order valence-electron chi connectivity index (χ4n) is 2.32. The SMILES string of the molecule is C[C@H](NC(=O)c1cnc2ccccn2c1=O)c1ccc(F)c(F)c1. The lowest BCUT2D eigenvalue weighted by atomic mass is 10.1. The van der Waals surface area contributed by atoms with Crippen LogP contribution in [0.3, 0.4) is 0 Å². The topological polar surface area (TPSA) is 63.5 Å². The number of aromatic nitrogens is 2. The van der Waals surface area contributed by atoms with Gasteiger partial charge in [-0.2, -0.15) is 0 Å². The highest BCUT2D eigenvalue weighted by Gasteiger charge is 2.17. The Balaban J connectivity index is 1.88. The molecule has 5 nitrogen and oxygen atoms in total. The van der Waals surface area contributed by atoms with Crippen molar-refractivity contribution in [2.45, 2.75) is 13.0 Å². The van der Waals surface area contributed by atoms with Crippen LogP contribution in [-0.2, 0) is 0 Å². The standard InChI is InChI=1S/C17H13F2N3O2/c1-10(11-5-6-13(18)14(19)8-11)21-16(23)12-9-20-15-4-2-3-7-22(15)17(12)24/h2-10H,1H3,(H,21,23)/t10-/m0/s1. The molecule has 3 rings (SSSR count). The number of fused-ring (bicyclic) bond motifs is 1. The van der Waals surface area contributed by atoms with Crippen LogP contribution in [0.2, 0.25) is 0 Å². The van der Waals surface area contributed by atoms with Crippen molar-refractivity contribution in [2.75, 3.05) is 0 Å². The zero-order chi connectivity index (χ0) is 17.3. The van der Waals surface area contributed by atoms with E-state index in [9.17, 15) is 18.4 Å². The number of hydrogen-bond donors (Lipinski definition) is 1. The molecule has 0 aliphatic heterocycles. The van der Waals surface area contributed by atoms with Gasteiger partial charge in [-0.3, -0.25) is 14.0 Å². The molecule has 1 atom stereocenters. The number of pyridine rings is 1. The van der Waals surface area contributed by atoms with Gasteiger partial charge in [-0.25, -0.2) is 13.8 Å². The molecule has 2 aromatic heterocycles. The van der Waals surface area contributed by atoms with Gasteiger partial charge in [0.05, 0.1) is 6.04 Å². The van der Waals surface area contributed by atoms with Crippen molar-refractivity contribution in [2.24, 2.45) is 0 Å². The quantitative estimate of drug-likeness (QED) is 0.803. The molecule has 1 amide bonds. The van der Waals surface area contributed by atoms with Crippen LogP contribution >= 0.6 is 0 Å². The predicted molar refractivity (Wildman–Crippen MR) is 83.7 cm³/mol. The van der Waals surface area contributed by atoms with Crippen LogP contribution in [0.4, 0.5) is 8.78 Å². The summed E-state index contributed by atoms with van der Waals surface area (Å²) in [6, 6.07) is 7.78. The third-order valence-electron chi connectivity index (χ3n) is 3.65. The van der Waals surface area contributed by atoms with E-state index in [0.717, 1.165) is 12.1 Å². The lowest BCUT2D eigenvalue weighted by Crippen LogP contribution is -2.33. The molecule has 0 bridgehead atoms. The Morgan fingerprint density at radius 2 is 2.00 bits per heavy atom. The molecular weight excluding hydrogens is 316 g/mol. The van der Waals surface area contributed by atoms with Gasteiger partial charge in [-0.15, -0.1) is 0 Å². The molecule has 0 aliphatic rings. The van der Waals surface area contributed by atoms with Crippen LogP contribution in [0.15, 0.2) is 53.6 Å². The Hall–Kier alpha value is -3.09. The van der Waals surface area contributed by atoms with E-state index in [1.807, 2.05) is 0 Å². The summed E-state index contributed by atoms with van der Waals surface area (Å²) >= 11 is 0. The van der Waals surface area contributed by atoms with Gasteiger partial charge in [0, 0.05) is 12.4 Å². The average Bonchev–Trinajstić information content (AvgIpc) is 2.57. The number of hydrogen-bond acceptors (Lipinski definition) is 3. The lowest BCUT2D eigenvalue weighted by Gasteiger charge is -2.14. The predicted octanol–water partition coefficient (Wildman–Crippen LogP) is 2.46. The monoisotopic (exact) mass is 329 g/mol. The highest BCUT2D eigenvalue weighted by atomic mass is 19.2. The third-order valence-corrected chi connectivity index (χ3v) is 3.65. The van der Waals surface area contributed by atoms with E-state index in [1.165, 1.54) is 22.9 Å². The fourth-order valence-corrected chi connectivity index (χ4v) is 2.32. The normalized spacial score (nSPS) is 12.1. The van der Waals surface area contributed by atoms with Crippen LogP contribution < -0.4 is 10.9 Å². The molecule has 1 aromatic carbocycles. The van der Waals surface area contributed by atoms with Gasteiger partial charge in [0.1, 0.15) is 11.2 Å². The molecule has 0 unspecified atom stereocenters. The number of halogens is 2. The first kappa shape index (κ1) is 15.8. The van der Waals surface area contributed by atoms with Crippen molar-refractivity contribution in [3.8, 4) is 0 Å². The van der Waals surface area contributed by atoms with Gasteiger partial charge in [0.2, 0.25) is 0 Å². The molecule has 2 heterocycles. The van der Waals surface area contributed by atoms with E-state index >= 15 is 0 Å². The molecule has 1 N–H and O–H groups in total. The highest BCUT2D eigenvalue weighted by Crippen LogP contribution is 2.16. The van der Waals surface area contributed by atoms with E-state index in [4.69, 9.17) is 0 Å². The molecule has 24 heavy (non-hydrogen) atoms. The second-order valence-electron chi connectivity index (χ2n) is 5.27. The second kappa shape index (κ2) is 6.19. The third kappa shape index (κ3) is 2.88. The van der Waals surface area contributed by atoms with Crippen LogP contribution in [-0.4, -0.2) is 15.3 Å². The van der Waals surface area contributed by atoms with Crippen LogP contribution in [0.25, 0.3) is 5.65 Å². The first-order chi connectivity index (χ1) is 11.5. The number of nitrogens with zero attached hydrogens (tertiary/aromatic N) is 2. The maximum atomic E-state index is 13.3. The molecule has 0 aliphatic carbocycles. The van der Waals surface area contributed by atoms with Crippen molar-refractivity contribution in [3.05, 3.63) is 81.9 Å². The number of nitrogens with one attached hydrogen (secondary N) is 1. The molecule has 7 heteroatoms. The Bertz CT molecular complexity index is 985. The number of benzene rings is 1. The Morgan fingerprint density at radius 1 is 1.21 bits per heavy atom. The molecule has 3 aromatic rings. The van der Waals surface area contributed by atoms with Crippen LogP contribution in [0.1, 0.15) is 28.9 Å². The first-order valence-corrected chi connectivity index (χ1v) is 7.19. The van der Waals surface area contributed by atoms with Crippen molar-refractivity contribution >= 4 is 11.6 Å². The van der Waals surface area contributed by atoms with Crippen molar-refractivity contribution < 1.29 is 13.6 Å². The number of carbonyl (C=O) groups is 1. The first-order valence-electron chi connectivity index (χ1n) is 7.19. The van der Waals surface area contributed by atoms with Gasteiger partial charge in [0.15, 0.2) is 11.6 Å². The minimum atomic E-state index is -0.999. The summed E-state index contributed by atoms with van der Waals surface area (Å²) < 4.78 is 27.5. The van der Waals surface area contributed by atoms with E-state index in [0.29, 0.717) is 11.2 Å². The van der Waals surface area contributed by atoms with Gasteiger partial charge < -0.3 is 5.32 Å². The molecule has 122 valence electrons. The fraction of sp³-hybridized carbons (Fsp3) is 0.118. The molecule has 0 saturated carbocycles. The average molecular weight is 329 g/mol. The summed E-state index contributed by atoms with van der Waals surface area (Å²) in [5.41, 5.74) is 0.174. The van der Waals surface area contributed by atoms with Crippen molar-refractivity contribution in [1.82, 2.24) is 14.7 Å². The Labute approximate surface area is 135 Å². The van der Waals surface area contributed by atoms with Crippen LogP contribution in [0.5, 0.6) is 0 Å². The van der Waals surface area contributed by atoms with Gasteiger partial charge in [0.25, 0.3) is 11.5 Å². The summed E-state index contributed by atoms with van der Waals surface area (Å²) in [5.74, 6) is -2.60. The van der Waals surface area contributed by atoms with E-state index in [2.05, 4.69) is 10.3 Å². The Kier molecular flexibility index (Phi) is 4.07. The summed E-state index contributed by atoms with van der Waals surface area (Å²) in [5, 5.41) is 2.58. The maximum absolute atomic E-state index is 13.3. The molecule has 0 radical (unpaired) electrons. The minimum Gasteiger partial charge on any atom is -0.345 e. The Morgan fingerprint density at radius 3 is 2.75 bits per heavy atom. The zero-order valence-electron chi connectivity index (χ0n) is 12.7. The summed E-state index contributed by atoms with van der Waals surface area (Å²) in [6.45, 7) is 1.61. The maximum Gasteiger partial charge on any atom is 0.270 e. The van der Waals surface area contributed by atoms with Crippen molar-refractivity contribution in [3.63, 3.8) is 0 Å². The van der Waals surface area contributed by atoms with E-state index in [1.54, 1.807) is 25.1 Å². The second-order valence-corrected chi connectivity index (χ2v) is 5.27. The smallest absolute Gasteiger partial charge is 0.270 e. The van der Waals surface area contributed by atoms with Crippen molar-refractivity contribution in [1.29, 1.82) is 0 Å². The lowest BCUT2D eigenvalue weighted by molar-refractivity contribution is 0.0937. The molecule has 0 saturated heterocycles.